The van der Waals surface area contributed by atoms with E-state index in [0.29, 0.717) is 38.4 Å². The lowest BCUT2D eigenvalue weighted by atomic mass is 9.92. The topological polar surface area (TPSA) is 78.0 Å². The van der Waals surface area contributed by atoms with Crippen LogP contribution in [0.1, 0.15) is 67.6 Å². The number of rotatable bonds is 4. The van der Waals surface area contributed by atoms with E-state index in [1.54, 1.807) is 4.90 Å². The molecule has 3 fully saturated rings. The molecule has 1 saturated carbocycles. The van der Waals surface area contributed by atoms with E-state index in [-0.39, 0.29) is 30.1 Å². The molecule has 4 heterocycles. The summed E-state index contributed by atoms with van der Waals surface area (Å²) in [7, 11) is 0. The van der Waals surface area contributed by atoms with Crippen LogP contribution in [0.2, 0.25) is 0 Å². The molecule has 172 valence electrons. The molecular formula is C22H27F3N6O. The molecule has 7 nitrogen and oxygen atoms in total. The summed E-state index contributed by atoms with van der Waals surface area (Å²) in [6, 6.07) is 2.35. The molecule has 3 aliphatic rings. The van der Waals surface area contributed by atoms with Crippen molar-refractivity contribution < 1.29 is 18.0 Å². The molecule has 1 atom stereocenters. The van der Waals surface area contributed by atoms with E-state index in [2.05, 4.69) is 20.2 Å². The zero-order valence-electron chi connectivity index (χ0n) is 17.8. The fourth-order valence-electron chi connectivity index (χ4n) is 4.87. The number of aromatic amines is 1. The number of carbonyl (C=O) groups is 1. The third kappa shape index (κ3) is 4.31. The first-order valence-electron chi connectivity index (χ1n) is 11.4. The van der Waals surface area contributed by atoms with Crippen LogP contribution in [-0.2, 0) is 11.0 Å². The summed E-state index contributed by atoms with van der Waals surface area (Å²) < 4.78 is 40.3. The Kier molecular flexibility index (Phi) is 5.54. The number of hydrogen-bond acceptors (Lipinski definition) is 5. The third-order valence-electron chi connectivity index (χ3n) is 6.82. The van der Waals surface area contributed by atoms with Crippen LogP contribution in [-0.4, -0.2) is 57.2 Å². The number of likely N-dealkylation sites (tertiary alicyclic amines) is 1. The summed E-state index contributed by atoms with van der Waals surface area (Å²) in [5.74, 6) is 2.25. The van der Waals surface area contributed by atoms with Crippen molar-refractivity contribution in [3.05, 3.63) is 35.5 Å². The largest absolute Gasteiger partial charge is 0.419 e. The lowest BCUT2D eigenvalue weighted by molar-refractivity contribution is -0.137. The smallest absolute Gasteiger partial charge is 0.355 e. The third-order valence-corrected chi connectivity index (χ3v) is 6.82. The molecule has 1 aliphatic carbocycles. The highest BCUT2D eigenvalue weighted by Gasteiger charge is 2.38. The zero-order chi connectivity index (χ0) is 22.3. The van der Waals surface area contributed by atoms with Gasteiger partial charge in [-0.25, -0.2) is 9.97 Å². The number of alkyl halides is 3. The van der Waals surface area contributed by atoms with Gasteiger partial charge in [-0.2, -0.15) is 18.3 Å². The van der Waals surface area contributed by atoms with Gasteiger partial charge in [-0.3, -0.25) is 9.89 Å². The monoisotopic (exact) mass is 448 g/mol. The SMILES string of the molecule is O=C(C1CCCN(c2ncccc2C(F)(F)F)C1)N1CCC(c2nc(C3CC3)n[nH]2)CC1. The summed E-state index contributed by atoms with van der Waals surface area (Å²) in [6.45, 7) is 2.01. The van der Waals surface area contributed by atoms with E-state index in [1.165, 1.54) is 12.3 Å². The Balaban J connectivity index is 1.21. The van der Waals surface area contributed by atoms with Crippen LogP contribution in [0.15, 0.2) is 18.3 Å². The molecule has 32 heavy (non-hydrogen) atoms. The van der Waals surface area contributed by atoms with Gasteiger partial charge in [-0.1, -0.05) is 0 Å². The molecule has 10 heteroatoms. The number of pyridine rings is 1. The number of H-pyrrole nitrogens is 1. The van der Waals surface area contributed by atoms with Gasteiger partial charge in [0.25, 0.3) is 0 Å². The Labute approximate surface area is 184 Å². The molecule has 1 unspecified atom stereocenters. The van der Waals surface area contributed by atoms with Gasteiger partial charge in [0.15, 0.2) is 5.82 Å². The molecule has 0 spiro atoms. The van der Waals surface area contributed by atoms with E-state index in [1.807, 2.05) is 4.90 Å². The molecule has 5 rings (SSSR count). The molecule has 0 bridgehead atoms. The Morgan fingerprint density at radius 2 is 1.84 bits per heavy atom. The van der Waals surface area contributed by atoms with Crippen molar-refractivity contribution in [1.29, 1.82) is 0 Å². The second-order valence-electron chi connectivity index (χ2n) is 9.11. The van der Waals surface area contributed by atoms with Gasteiger partial charge in [0.1, 0.15) is 11.6 Å². The first kappa shape index (κ1) is 21.2. The number of nitrogens with one attached hydrogen (secondary N) is 1. The Hall–Kier alpha value is -2.65. The normalized spacial score (nSPS) is 22.9. The van der Waals surface area contributed by atoms with E-state index >= 15 is 0 Å². The highest BCUT2D eigenvalue weighted by molar-refractivity contribution is 5.80. The first-order chi connectivity index (χ1) is 15.4. The number of hydrogen-bond donors (Lipinski definition) is 1. The van der Waals surface area contributed by atoms with Crippen LogP contribution >= 0.6 is 0 Å². The summed E-state index contributed by atoms with van der Waals surface area (Å²) in [5, 5.41) is 7.41. The standard InChI is InChI=1S/C22H27F3N6O/c23-22(24,25)17-4-1-9-26-20(17)31-10-2-3-16(13-31)21(32)30-11-7-15(8-12-30)19-27-18(28-29-19)14-5-6-14/h1,4,9,14-16H,2-3,5-8,10-13H2,(H,27,28,29). The Bertz CT molecular complexity index is 965. The molecule has 2 aromatic heterocycles. The first-order valence-corrected chi connectivity index (χ1v) is 11.4. The van der Waals surface area contributed by atoms with Crippen LogP contribution in [0.3, 0.4) is 0 Å². The number of amides is 1. The van der Waals surface area contributed by atoms with Crippen molar-refractivity contribution in [3.8, 4) is 0 Å². The van der Waals surface area contributed by atoms with Crippen molar-refractivity contribution in [2.24, 2.45) is 5.92 Å². The van der Waals surface area contributed by atoms with Gasteiger partial charge in [-0.05, 0) is 50.7 Å². The summed E-state index contributed by atoms with van der Waals surface area (Å²) in [6.07, 6.45) is 2.22. The Morgan fingerprint density at radius 3 is 2.56 bits per heavy atom. The molecule has 1 amide bonds. The second-order valence-corrected chi connectivity index (χ2v) is 9.11. The Morgan fingerprint density at radius 1 is 1.06 bits per heavy atom. The minimum absolute atomic E-state index is 0.0360. The molecule has 2 saturated heterocycles. The van der Waals surface area contributed by atoms with Gasteiger partial charge < -0.3 is 9.80 Å². The number of nitrogens with zero attached hydrogens (tertiary/aromatic N) is 5. The second kappa shape index (κ2) is 8.37. The van der Waals surface area contributed by atoms with Gasteiger partial charge >= 0.3 is 6.18 Å². The minimum atomic E-state index is -4.47. The fourth-order valence-corrected chi connectivity index (χ4v) is 4.87. The maximum absolute atomic E-state index is 13.4. The van der Waals surface area contributed by atoms with Gasteiger partial charge in [0.2, 0.25) is 5.91 Å². The summed E-state index contributed by atoms with van der Waals surface area (Å²) in [5.41, 5.74) is -0.744. The average Bonchev–Trinajstić information content (AvgIpc) is 3.55. The maximum Gasteiger partial charge on any atom is 0.419 e. The number of halogens is 3. The van der Waals surface area contributed by atoms with E-state index in [4.69, 9.17) is 0 Å². The average molecular weight is 448 g/mol. The molecule has 2 aromatic rings. The maximum atomic E-state index is 13.4. The van der Waals surface area contributed by atoms with Crippen molar-refractivity contribution in [3.63, 3.8) is 0 Å². The van der Waals surface area contributed by atoms with E-state index in [0.717, 1.165) is 43.4 Å². The summed E-state index contributed by atoms with van der Waals surface area (Å²) in [4.78, 5) is 25.3. The molecule has 1 N–H and O–H groups in total. The number of anilines is 1. The minimum Gasteiger partial charge on any atom is -0.355 e. The van der Waals surface area contributed by atoms with Crippen molar-refractivity contribution >= 4 is 11.7 Å². The lowest BCUT2D eigenvalue weighted by Crippen LogP contribution is -2.47. The van der Waals surface area contributed by atoms with Crippen LogP contribution in [0.5, 0.6) is 0 Å². The molecule has 2 aliphatic heterocycles. The highest BCUT2D eigenvalue weighted by Crippen LogP contribution is 2.39. The van der Waals surface area contributed by atoms with Crippen LogP contribution < -0.4 is 4.90 Å². The zero-order valence-corrected chi connectivity index (χ0v) is 17.8. The van der Waals surface area contributed by atoms with Crippen LogP contribution in [0.25, 0.3) is 0 Å². The van der Waals surface area contributed by atoms with Gasteiger partial charge in [0, 0.05) is 44.2 Å². The predicted octanol–water partition coefficient (Wildman–Crippen LogP) is 3.72. The van der Waals surface area contributed by atoms with Crippen molar-refractivity contribution in [2.75, 3.05) is 31.1 Å². The van der Waals surface area contributed by atoms with Crippen LogP contribution in [0, 0.1) is 5.92 Å². The van der Waals surface area contributed by atoms with Gasteiger partial charge in [-0.15, -0.1) is 0 Å². The van der Waals surface area contributed by atoms with Crippen LogP contribution in [0.4, 0.5) is 19.0 Å². The fraction of sp³-hybridized carbons (Fsp3) is 0.636. The van der Waals surface area contributed by atoms with Crippen molar-refractivity contribution in [2.45, 2.75) is 56.5 Å². The van der Waals surface area contributed by atoms with Gasteiger partial charge in [0.05, 0.1) is 11.5 Å². The quantitative estimate of drug-likeness (QED) is 0.772. The van der Waals surface area contributed by atoms with E-state index in [9.17, 15) is 18.0 Å². The highest BCUT2D eigenvalue weighted by atomic mass is 19.4. The number of piperidine rings is 2. The summed E-state index contributed by atoms with van der Waals surface area (Å²) >= 11 is 0. The molecule has 0 aromatic carbocycles. The number of aromatic nitrogens is 4. The lowest BCUT2D eigenvalue weighted by Gasteiger charge is -2.38. The van der Waals surface area contributed by atoms with E-state index < -0.39 is 11.7 Å². The predicted molar refractivity (Wildman–Crippen MR) is 111 cm³/mol. The van der Waals surface area contributed by atoms with Crippen molar-refractivity contribution in [1.82, 2.24) is 25.1 Å². The molecular weight excluding hydrogens is 421 g/mol. The molecule has 0 radical (unpaired) electrons. The number of carbonyl (C=O) groups excluding carboxylic acids is 1.